The number of rotatable bonds is 22. The summed E-state index contributed by atoms with van der Waals surface area (Å²) in [4.78, 5) is 74.8. The van der Waals surface area contributed by atoms with E-state index < -0.39 is 53.8 Å². The average Bonchev–Trinajstić information content (AvgIpc) is 3.67. The lowest BCUT2D eigenvalue weighted by Crippen LogP contribution is -2.59. The summed E-state index contributed by atoms with van der Waals surface area (Å²) >= 11 is 1.14. The lowest BCUT2D eigenvalue weighted by Gasteiger charge is -2.40. The van der Waals surface area contributed by atoms with Crippen molar-refractivity contribution in [2.75, 3.05) is 20.1 Å². The fourth-order valence-electron chi connectivity index (χ4n) is 7.27. The van der Waals surface area contributed by atoms with Gasteiger partial charge in [-0.25, -0.2) is 9.37 Å². The molecule has 1 aromatic carbocycles. The van der Waals surface area contributed by atoms with E-state index in [4.69, 9.17) is 11.2 Å². The molecule has 12 nitrogen and oxygen atoms in total. The third kappa shape index (κ3) is 14.5. The lowest BCUT2D eigenvalue weighted by atomic mass is 9.91. The minimum Gasteiger partial charge on any atom is -0.481 e. The molecule has 1 aromatic heterocycles. The topological polar surface area (TPSA) is 158 Å². The minimum atomic E-state index is -1.01. The lowest BCUT2D eigenvalue weighted by molar-refractivity contribution is -0.150. The Hall–Kier alpha value is -4.35. The molecule has 0 radical (unpaired) electrons. The number of likely N-dealkylation sites (N-methyl/N-ethyl adjacent to an activating group) is 1. The molecular formula is C43H62FN5O7S. The predicted octanol–water partition coefficient (Wildman–Crippen LogP) is 6.40. The van der Waals surface area contributed by atoms with Gasteiger partial charge in [0.05, 0.1) is 12.0 Å². The smallest absolute Gasteiger partial charge is 0.306 e. The molecule has 3 rings (SSSR count). The van der Waals surface area contributed by atoms with Gasteiger partial charge in [-0.1, -0.05) is 59.6 Å². The number of carboxylic acid groups (broad SMARTS) is 1. The van der Waals surface area contributed by atoms with Crippen LogP contribution in [-0.4, -0.2) is 93.9 Å². The number of benzene rings is 1. The van der Waals surface area contributed by atoms with Crippen molar-refractivity contribution < 1.29 is 38.2 Å². The number of amides is 3. The first-order valence-electron chi connectivity index (χ1n) is 20.2. The van der Waals surface area contributed by atoms with Gasteiger partial charge in [0.15, 0.2) is 6.10 Å². The number of carboxylic acids is 1. The molecule has 14 heteroatoms. The van der Waals surface area contributed by atoms with Crippen molar-refractivity contribution >= 4 is 41.0 Å². The van der Waals surface area contributed by atoms with Gasteiger partial charge in [0.1, 0.15) is 22.6 Å². The van der Waals surface area contributed by atoms with Crippen molar-refractivity contribution in [1.29, 1.82) is 0 Å². The highest BCUT2D eigenvalue weighted by molar-refractivity contribution is 7.09. The molecule has 2 aromatic rings. The summed E-state index contributed by atoms with van der Waals surface area (Å²) in [6.07, 6.45) is 10.5. The quantitative estimate of drug-likeness (QED) is 0.0696. The number of nitrogens with zero attached hydrogens (tertiary/aromatic N) is 3. The molecule has 7 atom stereocenters. The van der Waals surface area contributed by atoms with E-state index in [-0.39, 0.29) is 54.6 Å². The van der Waals surface area contributed by atoms with Gasteiger partial charge in [-0.2, -0.15) is 0 Å². The van der Waals surface area contributed by atoms with Gasteiger partial charge in [0.25, 0.3) is 5.91 Å². The van der Waals surface area contributed by atoms with Gasteiger partial charge < -0.3 is 25.4 Å². The first kappa shape index (κ1) is 47.0. The molecule has 2 heterocycles. The van der Waals surface area contributed by atoms with Gasteiger partial charge in [-0.15, -0.1) is 23.7 Å². The molecule has 3 N–H and O–H groups in total. The number of hydrogen-bond acceptors (Lipinski definition) is 9. The highest BCUT2D eigenvalue weighted by atomic mass is 32.1. The van der Waals surface area contributed by atoms with Crippen LogP contribution in [0.15, 0.2) is 29.6 Å². The Morgan fingerprint density at radius 1 is 1.09 bits per heavy atom. The second-order valence-electron chi connectivity index (χ2n) is 15.7. The van der Waals surface area contributed by atoms with Crippen molar-refractivity contribution in [1.82, 2.24) is 25.4 Å². The molecule has 57 heavy (non-hydrogen) atoms. The summed E-state index contributed by atoms with van der Waals surface area (Å²) < 4.78 is 19.4. The maximum atomic E-state index is 14.8. The van der Waals surface area contributed by atoms with Crippen LogP contribution >= 0.6 is 11.3 Å². The van der Waals surface area contributed by atoms with Gasteiger partial charge in [0, 0.05) is 43.8 Å². The van der Waals surface area contributed by atoms with Gasteiger partial charge >= 0.3 is 11.9 Å². The van der Waals surface area contributed by atoms with Crippen LogP contribution in [0.3, 0.4) is 0 Å². The zero-order chi connectivity index (χ0) is 42.2. The number of likely N-dealkylation sites (tertiary alicyclic amines) is 1. The summed E-state index contributed by atoms with van der Waals surface area (Å²) in [5.41, 5.74) is 0.789. The standard InChI is InChI=1S/C43H62FN5O7S/c1-9-11-12-14-22-49(42(53)38(28(5)10-2)47-40(52)35-16-13-15-21-48(35)8)36(27(3)4)25-37(56-30(7)50)41-46-34(26-57-41)39(51)45-33(23-29(6)43(54)55)24-31-17-19-32(44)20-18-31/h1,17-20,26-29,33,35-38H,10-16,21-25H2,2-8H3,(H,45,51)(H,47,52)(H,54,55)/t28-,29-,33+,35+,36+,37+,38-/m0/s1. The minimum absolute atomic E-state index is 0.0646. The third-order valence-electron chi connectivity index (χ3n) is 10.9. The van der Waals surface area contributed by atoms with E-state index in [1.54, 1.807) is 24.4 Å². The highest BCUT2D eigenvalue weighted by Gasteiger charge is 2.38. The second kappa shape index (κ2) is 23.2. The normalized spacial score (nSPS) is 17.6. The number of unbranched alkanes of at least 4 members (excludes halogenated alkanes) is 2. The number of carbonyl (C=O) groups is 5. The summed E-state index contributed by atoms with van der Waals surface area (Å²) in [7, 11) is 1.94. The number of halogens is 1. The van der Waals surface area contributed by atoms with Crippen molar-refractivity contribution in [2.24, 2.45) is 17.8 Å². The fraction of sp³-hybridized carbons (Fsp3) is 0.628. The van der Waals surface area contributed by atoms with Crippen LogP contribution < -0.4 is 10.6 Å². The molecule has 0 spiro atoms. The molecule has 1 fully saturated rings. The Labute approximate surface area is 341 Å². The molecule has 0 saturated carbocycles. The Balaban J connectivity index is 1.93. The Morgan fingerprint density at radius 2 is 1.79 bits per heavy atom. The molecular weight excluding hydrogens is 750 g/mol. The Bertz CT molecular complexity index is 1680. The largest absolute Gasteiger partial charge is 0.481 e. The maximum Gasteiger partial charge on any atom is 0.306 e. The number of esters is 1. The number of ether oxygens (including phenoxy) is 1. The second-order valence-corrected chi connectivity index (χ2v) is 16.6. The SMILES string of the molecule is C#CCCCCN(C(=O)[C@@H](NC(=O)[C@H]1CCCCN1C)[C@@H](C)CC)[C@H](C[C@@H](OC(C)=O)c1nc(C(=O)N[C@@H](Cc2ccc(F)cc2)C[C@H](C)C(=O)O)cs1)C(C)C. The van der Waals surface area contributed by atoms with Crippen LogP contribution in [0.4, 0.5) is 4.39 Å². The van der Waals surface area contributed by atoms with E-state index in [1.165, 1.54) is 19.1 Å². The molecule has 1 aliphatic rings. The number of aliphatic carboxylic acids is 1. The summed E-state index contributed by atoms with van der Waals surface area (Å²) in [6, 6.07) is 3.66. The van der Waals surface area contributed by atoms with Crippen LogP contribution in [0, 0.1) is 35.9 Å². The zero-order valence-electron chi connectivity index (χ0n) is 34.6. The summed E-state index contributed by atoms with van der Waals surface area (Å²) in [5.74, 6) is -1.24. The van der Waals surface area contributed by atoms with Crippen LogP contribution in [0.5, 0.6) is 0 Å². The summed E-state index contributed by atoms with van der Waals surface area (Å²) in [6.45, 7) is 12.0. The predicted molar refractivity (Wildman–Crippen MR) is 219 cm³/mol. The van der Waals surface area contributed by atoms with Crippen molar-refractivity contribution in [3.63, 3.8) is 0 Å². The molecule has 314 valence electrons. The van der Waals surface area contributed by atoms with Crippen LogP contribution in [0.25, 0.3) is 0 Å². The number of thiazole rings is 1. The molecule has 1 aliphatic heterocycles. The van der Waals surface area contributed by atoms with Crippen LogP contribution in [0.1, 0.15) is 126 Å². The number of hydrogen-bond donors (Lipinski definition) is 3. The van der Waals surface area contributed by atoms with E-state index in [2.05, 4.69) is 21.5 Å². The van der Waals surface area contributed by atoms with E-state index in [0.29, 0.717) is 37.2 Å². The van der Waals surface area contributed by atoms with E-state index >= 15 is 0 Å². The van der Waals surface area contributed by atoms with Crippen LogP contribution in [-0.2, 0) is 30.3 Å². The Morgan fingerprint density at radius 3 is 2.39 bits per heavy atom. The van der Waals surface area contributed by atoms with E-state index in [0.717, 1.165) is 42.7 Å². The van der Waals surface area contributed by atoms with Gasteiger partial charge in [-0.05, 0) is 81.6 Å². The first-order valence-corrected chi connectivity index (χ1v) is 21.1. The number of nitrogens with one attached hydrogen (secondary N) is 2. The number of piperidine rings is 1. The van der Waals surface area contributed by atoms with E-state index in [1.807, 2.05) is 44.5 Å². The zero-order valence-corrected chi connectivity index (χ0v) is 35.4. The van der Waals surface area contributed by atoms with Crippen molar-refractivity contribution in [2.45, 2.75) is 136 Å². The molecule has 0 unspecified atom stereocenters. The number of carbonyl (C=O) groups excluding carboxylic acids is 4. The molecule has 0 aliphatic carbocycles. The molecule has 3 amide bonds. The summed E-state index contributed by atoms with van der Waals surface area (Å²) in [5, 5.41) is 17.5. The fourth-order valence-corrected chi connectivity index (χ4v) is 8.11. The monoisotopic (exact) mass is 811 g/mol. The average molecular weight is 812 g/mol. The van der Waals surface area contributed by atoms with Crippen molar-refractivity contribution in [3.8, 4) is 12.3 Å². The maximum absolute atomic E-state index is 14.8. The molecule has 1 saturated heterocycles. The Kier molecular flexibility index (Phi) is 19.1. The van der Waals surface area contributed by atoms with Gasteiger partial charge in [-0.3, -0.25) is 28.9 Å². The number of terminal acetylenes is 1. The highest BCUT2D eigenvalue weighted by Crippen LogP contribution is 2.32. The van der Waals surface area contributed by atoms with Crippen molar-refractivity contribution in [3.05, 3.63) is 51.7 Å². The first-order chi connectivity index (χ1) is 27.1. The van der Waals surface area contributed by atoms with Crippen LogP contribution in [0.2, 0.25) is 0 Å². The molecule has 0 bridgehead atoms. The third-order valence-corrected chi connectivity index (χ3v) is 11.8. The van der Waals surface area contributed by atoms with Gasteiger partial charge in [0.2, 0.25) is 11.8 Å². The number of aromatic nitrogens is 1. The van der Waals surface area contributed by atoms with E-state index in [9.17, 15) is 33.5 Å².